The molecule has 4 heteroatoms. The largest absolute Gasteiger partial charge is 0.521 e. The number of hydrogen-bond donors (Lipinski definition) is 0. The monoisotopic (exact) mass is 387 g/mol. The zero-order chi connectivity index (χ0) is 6.71. The molecule has 0 aromatic rings. The van der Waals surface area contributed by atoms with Crippen molar-refractivity contribution in [1.29, 1.82) is 0 Å². The Balaban J connectivity index is -0.00000000281. The summed E-state index contributed by atoms with van der Waals surface area (Å²) in [4.78, 5) is 0. The van der Waals surface area contributed by atoms with Crippen LogP contribution in [0.15, 0.2) is 13.2 Å². The molecule has 0 aliphatic carbocycles. The SMILES string of the molecule is [CH-]=C.[CH-]=C.[CH3-].[CH3-].[CH3-].[CH3-].[Pt].[SiH3]O[SiH3]. The first-order chi connectivity index (χ1) is 3.41. The average molecular weight is 388 g/mol. The van der Waals surface area contributed by atoms with E-state index in [9.17, 15) is 0 Å². The van der Waals surface area contributed by atoms with Crippen molar-refractivity contribution in [2.24, 2.45) is 0 Å². The van der Waals surface area contributed by atoms with Crippen molar-refractivity contribution in [1.82, 2.24) is 0 Å². The third-order valence-corrected chi connectivity index (χ3v) is 0. The molecule has 0 unspecified atom stereocenters. The Labute approximate surface area is 102 Å². The van der Waals surface area contributed by atoms with Gasteiger partial charge in [-0.15, -0.1) is 0 Å². The van der Waals surface area contributed by atoms with Gasteiger partial charge < -0.3 is 47.0 Å². The van der Waals surface area contributed by atoms with Crippen molar-refractivity contribution in [2.45, 2.75) is 0 Å². The van der Waals surface area contributed by atoms with Crippen LogP contribution in [0.2, 0.25) is 0 Å². The molecular formula is C8H24OPtSi2-6. The molecule has 0 heterocycles. The summed E-state index contributed by atoms with van der Waals surface area (Å²) in [7, 11) is 1.86. The molecule has 0 bridgehead atoms. The van der Waals surface area contributed by atoms with E-state index in [2.05, 4.69) is 30.4 Å². The van der Waals surface area contributed by atoms with Gasteiger partial charge in [-0.2, -0.15) is 0 Å². The predicted molar refractivity (Wildman–Crippen MR) is 66.5 cm³/mol. The Morgan fingerprint density at radius 2 is 0.750 bits per heavy atom. The maximum atomic E-state index is 4.53. The van der Waals surface area contributed by atoms with Gasteiger partial charge in [-0.25, -0.2) is 0 Å². The molecule has 1 nitrogen and oxygen atoms in total. The first-order valence-electron chi connectivity index (χ1n) is 1.63. The summed E-state index contributed by atoms with van der Waals surface area (Å²) < 4.78 is 4.53. The maximum Gasteiger partial charge on any atom is 0.129 e. The topological polar surface area (TPSA) is 9.23 Å². The van der Waals surface area contributed by atoms with Gasteiger partial charge in [-0.05, 0) is 0 Å². The first kappa shape index (κ1) is 80.7. The Bertz CT molecular complexity index is 24.5. The Morgan fingerprint density at radius 3 is 0.750 bits per heavy atom. The normalized spacial score (nSPS) is 2.67. The average Bonchev–Trinajstić information content (AvgIpc) is 1.78. The third-order valence-electron chi connectivity index (χ3n) is 0. The van der Waals surface area contributed by atoms with E-state index >= 15 is 0 Å². The van der Waals surface area contributed by atoms with Crippen LogP contribution in [-0.2, 0) is 25.2 Å². The van der Waals surface area contributed by atoms with Gasteiger partial charge in [0.15, 0.2) is 0 Å². The molecule has 0 aromatic carbocycles. The molecule has 0 atom stereocenters. The van der Waals surface area contributed by atoms with Crippen molar-refractivity contribution in [2.75, 3.05) is 0 Å². The van der Waals surface area contributed by atoms with Crippen LogP contribution in [0.1, 0.15) is 0 Å². The van der Waals surface area contributed by atoms with E-state index in [1.807, 2.05) is 0 Å². The van der Waals surface area contributed by atoms with Gasteiger partial charge in [0.2, 0.25) is 0 Å². The van der Waals surface area contributed by atoms with Crippen LogP contribution in [0.3, 0.4) is 0 Å². The molecule has 0 saturated carbocycles. The van der Waals surface area contributed by atoms with Crippen molar-refractivity contribution in [3.05, 3.63) is 56.0 Å². The van der Waals surface area contributed by atoms with E-state index in [4.69, 9.17) is 0 Å². The van der Waals surface area contributed by atoms with Crippen LogP contribution >= 0.6 is 0 Å². The van der Waals surface area contributed by atoms with Gasteiger partial charge in [0.1, 0.15) is 21.0 Å². The number of rotatable bonds is 0. The molecule has 0 saturated heterocycles. The summed E-state index contributed by atoms with van der Waals surface area (Å²) in [6.07, 6.45) is 0. The smallest absolute Gasteiger partial charge is 0.129 e. The van der Waals surface area contributed by atoms with E-state index in [-0.39, 0.29) is 50.8 Å². The molecule has 0 aliphatic rings. The van der Waals surface area contributed by atoms with Gasteiger partial charge >= 0.3 is 0 Å². The first-order valence-corrected chi connectivity index (χ1v) is 3.27. The molecule has 0 aliphatic heterocycles. The van der Waals surface area contributed by atoms with Gasteiger partial charge in [0.25, 0.3) is 0 Å². The minimum atomic E-state index is 0. The zero-order valence-electron chi connectivity index (χ0n) is 9.29. The second-order valence-corrected chi connectivity index (χ2v) is 3.67. The second-order valence-electron chi connectivity index (χ2n) is 0.408. The van der Waals surface area contributed by atoms with E-state index in [0.717, 1.165) is 21.0 Å². The van der Waals surface area contributed by atoms with Crippen LogP contribution < -0.4 is 0 Å². The molecule has 0 radical (unpaired) electrons. The summed E-state index contributed by atoms with van der Waals surface area (Å²) in [5.41, 5.74) is 0. The molecule has 0 fully saturated rings. The van der Waals surface area contributed by atoms with Crippen molar-refractivity contribution in [3.8, 4) is 0 Å². The van der Waals surface area contributed by atoms with E-state index in [1.165, 1.54) is 0 Å². The van der Waals surface area contributed by atoms with E-state index < -0.39 is 0 Å². The fraction of sp³-hybridized carbons (Fsp3) is 0. The Hall–Kier alpha value is 0.562. The van der Waals surface area contributed by atoms with Crippen molar-refractivity contribution >= 4 is 21.0 Å². The van der Waals surface area contributed by atoms with Crippen LogP contribution in [0.4, 0.5) is 0 Å². The standard InChI is InChI=1S/2C2H3.4CH3.H6OSi2.Pt/c2*1-2;;;;;2-1-3;/h2*1H,2H2;4*1H3;2-3H3;/q6*-1;;. The van der Waals surface area contributed by atoms with Gasteiger partial charge in [-0.1, -0.05) is 0 Å². The fourth-order valence-electron chi connectivity index (χ4n) is 0. The van der Waals surface area contributed by atoms with E-state index in [1.54, 1.807) is 0 Å². The van der Waals surface area contributed by atoms with Crippen LogP contribution in [0.5, 0.6) is 0 Å². The fourth-order valence-corrected chi connectivity index (χ4v) is 0. The summed E-state index contributed by atoms with van der Waals surface area (Å²) in [5, 5.41) is 0. The summed E-state index contributed by atoms with van der Waals surface area (Å²) in [6.45, 7) is 14.0. The predicted octanol–water partition coefficient (Wildman–Crippen LogP) is 0.573. The molecule has 0 spiro atoms. The van der Waals surface area contributed by atoms with E-state index in [0.29, 0.717) is 0 Å². The molecule has 0 rings (SSSR count). The molecule has 0 aromatic heterocycles. The molecule has 12 heavy (non-hydrogen) atoms. The maximum absolute atomic E-state index is 4.53. The van der Waals surface area contributed by atoms with Gasteiger partial charge in [0, 0.05) is 21.1 Å². The second kappa shape index (κ2) is 529. The quantitative estimate of drug-likeness (QED) is 0.436. The summed E-state index contributed by atoms with van der Waals surface area (Å²) >= 11 is 0. The third kappa shape index (κ3) is 3060. The Kier molecular flexibility index (Phi) is 3550. The van der Waals surface area contributed by atoms with Crippen LogP contribution in [0.25, 0.3) is 0 Å². The summed E-state index contributed by atoms with van der Waals surface area (Å²) in [5.74, 6) is 0. The minimum Gasteiger partial charge on any atom is -0.521 e. The molecule has 0 amide bonds. The van der Waals surface area contributed by atoms with Crippen molar-refractivity contribution in [3.63, 3.8) is 0 Å². The van der Waals surface area contributed by atoms with Gasteiger partial charge in [-0.3, -0.25) is 13.2 Å². The molecular weight excluding hydrogens is 363 g/mol. The number of hydrogen-bond acceptors (Lipinski definition) is 1. The molecule has 0 N–H and O–H groups in total. The zero-order valence-corrected chi connectivity index (χ0v) is 15.6. The molecule has 86 valence electrons. The van der Waals surface area contributed by atoms with Gasteiger partial charge in [0.05, 0.1) is 0 Å². The Morgan fingerprint density at radius 1 is 0.750 bits per heavy atom. The van der Waals surface area contributed by atoms with Crippen molar-refractivity contribution < 1.29 is 25.2 Å². The van der Waals surface area contributed by atoms with Crippen LogP contribution in [0, 0.1) is 42.9 Å². The van der Waals surface area contributed by atoms with Crippen LogP contribution in [-0.4, -0.2) is 21.0 Å². The minimum absolute atomic E-state index is 0. The summed E-state index contributed by atoms with van der Waals surface area (Å²) in [6, 6.07) is 0.